The zero-order valence-corrected chi connectivity index (χ0v) is 11.2. The summed E-state index contributed by atoms with van der Waals surface area (Å²) in [5.41, 5.74) is 4.89. The number of hydrogen-bond acceptors (Lipinski definition) is 7. The van der Waals surface area contributed by atoms with Crippen molar-refractivity contribution in [2.45, 2.75) is 4.21 Å². The molecule has 0 unspecified atom stereocenters. The number of nitrogens with one attached hydrogen (secondary N) is 1. The number of sulfonamides is 1. The first-order valence-electron chi connectivity index (χ1n) is 4.97. The summed E-state index contributed by atoms with van der Waals surface area (Å²) < 4.78 is 38.3. The van der Waals surface area contributed by atoms with Crippen molar-refractivity contribution in [2.24, 2.45) is 0 Å². The largest absolute Gasteiger partial charge is 0.385 e. The standard InChI is InChI=1S/C9H7FN4O4S2/c10-5-1-2-7(12-4-5)13-20(17,18)8-3-6(14(15)16)9(11)19-8/h1-4H,11H2,(H,12,13). The van der Waals surface area contributed by atoms with Gasteiger partial charge in [0.15, 0.2) is 5.00 Å². The summed E-state index contributed by atoms with van der Waals surface area (Å²) in [7, 11) is -4.06. The van der Waals surface area contributed by atoms with Gasteiger partial charge in [-0.1, -0.05) is 11.3 Å². The fourth-order valence-corrected chi connectivity index (χ4v) is 3.49. The van der Waals surface area contributed by atoms with Crippen molar-refractivity contribution in [3.05, 3.63) is 40.3 Å². The van der Waals surface area contributed by atoms with Crippen LogP contribution >= 0.6 is 11.3 Å². The fourth-order valence-electron chi connectivity index (χ4n) is 1.27. The Labute approximate surface area is 116 Å². The van der Waals surface area contributed by atoms with Crippen molar-refractivity contribution >= 4 is 37.9 Å². The SMILES string of the molecule is Nc1sc(S(=O)(=O)Nc2ccc(F)cn2)cc1[N+](=O)[O-]. The molecule has 11 heteroatoms. The molecule has 2 rings (SSSR count). The van der Waals surface area contributed by atoms with Crippen molar-refractivity contribution in [2.75, 3.05) is 10.5 Å². The molecular weight excluding hydrogens is 311 g/mol. The minimum absolute atomic E-state index is 0.110. The van der Waals surface area contributed by atoms with Crippen LogP contribution in [0.2, 0.25) is 0 Å². The molecule has 2 aromatic heterocycles. The number of hydrogen-bond donors (Lipinski definition) is 2. The van der Waals surface area contributed by atoms with Gasteiger partial charge in [-0.3, -0.25) is 14.8 Å². The van der Waals surface area contributed by atoms with Gasteiger partial charge in [-0.05, 0) is 12.1 Å². The van der Waals surface area contributed by atoms with Gasteiger partial charge in [0.25, 0.3) is 10.0 Å². The summed E-state index contributed by atoms with van der Waals surface area (Å²) in [6.45, 7) is 0. The van der Waals surface area contributed by atoms with E-state index < -0.39 is 26.5 Å². The van der Waals surface area contributed by atoms with Crippen LogP contribution in [0.4, 0.5) is 20.9 Å². The summed E-state index contributed by atoms with van der Waals surface area (Å²) in [6.07, 6.45) is 0.836. The van der Waals surface area contributed by atoms with Gasteiger partial charge in [0.2, 0.25) is 0 Å². The van der Waals surface area contributed by atoms with Gasteiger partial charge in [0, 0.05) is 6.07 Å². The van der Waals surface area contributed by atoms with Crippen LogP contribution in [0.5, 0.6) is 0 Å². The predicted octanol–water partition coefficient (Wildman–Crippen LogP) is 1.57. The molecule has 0 aliphatic rings. The zero-order valence-electron chi connectivity index (χ0n) is 9.61. The van der Waals surface area contributed by atoms with E-state index in [2.05, 4.69) is 9.71 Å². The number of nitrogens with zero attached hydrogens (tertiary/aromatic N) is 2. The van der Waals surface area contributed by atoms with Crippen molar-refractivity contribution < 1.29 is 17.7 Å². The lowest BCUT2D eigenvalue weighted by Gasteiger charge is -2.04. The molecule has 0 bridgehead atoms. The van der Waals surface area contributed by atoms with E-state index in [-0.39, 0.29) is 15.0 Å². The summed E-state index contributed by atoms with van der Waals surface area (Å²) in [5.74, 6) is -0.732. The van der Waals surface area contributed by atoms with Gasteiger partial charge in [0.05, 0.1) is 11.1 Å². The maximum atomic E-state index is 12.7. The van der Waals surface area contributed by atoms with Gasteiger partial charge in [-0.15, -0.1) is 0 Å². The van der Waals surface area contributed by atoms with E-state index in [9.17, 15) is 22.9 Å². The lowest BCUT2D eigenvalue weighted by atomic mass is 10.5. The molecule has 0 fully saturated rings. The summed E-state index contributed by atoms with van der Waals surface area (Å²) in [4.78, 5) is 13.4. The van der Waals surface area contributed by atoms with Gasteiger partial charge in [-0.25, -0.2) is 17.8 Å². The van der Waals surface area contributed by atoms with Crippen molar-refractivity contribution in [3.8, 4) is 0 Å². The second-order valence-electron chi connectivity index (χ2n) is 3.54. The monoisotopic (exact) mass is 318 g/mol. The number of rotatable bonds is 4. The molecule has 0 saturated heterocycles. The lowest BCUT2D eigenvalue weighted by molar-refractivity contribution is -0.383. The van der Waals surface area contributed by atoms with Crippen LogP contribution in [0.3, 0.4) is 0 Å². The van der Waals surface area contributed by atoms with Crippen LogP contribution in [0, 0.1) is 15.9 Å². The van der Waals surface area contributed by atoms with Crippen molar-refractivity contribution in [1.82, 2.24) is 4.98 Å². The first-order valence-corrected chi connectivity index (χ1v) is 7.27. The highest BCUT2D eigenvalue weighted by Crippen LogP contribution is 2.34. The molecule has 3 N–H and O–H groups in total. The van der Waals surface area contributed by atoms with E-state index >= 15 is 0 Å². The second kappa shape index (κ2) is 5.02. The minimum atomic E-state index is -4.06. The number of pyridine rings is 1. The Morgan fingerprint density at radius 2 is 2.15 bits per heavy atom. The van der Waals surface area contributed by atoms with Crippen molar-refractivity contribution in [1.29, 1.82) is 0 Å². The number of nitrogens with two attached hydrogens (primary N) is 1. The molecule has 8 nitrogen and oxygen atoms in total. The number of nitro groups is 1. The van der Waals surface area contributed by atoms with Crippen LogP contribution in [-0.2, 0) is 10.0 Å². The third-order valence-electron chi connectivity index (χ3n) is 2.15. The molecule has 106 valence electrons. The average molecular weight is 318 g/mol. The van der Waals surface area contributed by atoms with Gasteiger partial charge >= 0.3 is 5.69 Å². The maximum absolute atomic E-state index is 12.7. The molecule has 0 saturated carbocycles. The van der Waals surface area contributed by atoms with Crippen LogP contribution < -0.4 is 10.5 Å². The molecule has 0 spiro atoms. The number of anilines is 2. The third-order valence-corrected chi connectivity index (χ3v) is 4.93. The Morgan fingerprint density at radius 3 is 2.65 bits per heavy atom. The Morgan fingerprint density at radius 1 is 1.45 bits per heavy atom. The number of aromatic nitrogens is 1. The maximum Gasteiger partial charge on any atom is 0.304 e. The predicted molar refractivity (Wildman–Crippen MR) is 70.4 cm³/mol. The Balaban J connectivity index is 2.33. The van der Waals surface area contributed by atoms with Crippen molar-refractivity contribution in [3.63, 3.8) is 0 Å². The molecular formula is C9H7FN4O4S2. The molecule has 0 atom stereocenters. The molecule has 2 aromatic rings. The Bertz CT molecular complexity index is 757. The average Bonchev–Trinajstić information content (AvgIpc) is 2.75. The molecule has 0 amide bonds. The summed E-state index contributed by atoms with van der Waals surface area (Å²) >= 11 is 0.556. The van der Waals surface area contributed by atoms with E-state index in [4.69, 9.17) is 5.73 Å². The van der Waals surface area contributed by atoms with Crippen LogP contribution in [0.15, 0.2) is 28.6 Å². The molecule has 2 heterocycles. The highest BCUT2D eigenvalue weighted by molar-refractivity contribution is 7.94. The van der Waals surface area contributed by atoms with E-state index in [0.717, 1.165) is 24.4 Å². The number of halogens is 1. The molecule has 20 heavy (non-hydrogen) atoms. The first-order chi connectivity index (χ1) is 9.29. The van der Waals surface area contributed by atoms with E-state index in [1.165, 1.54) is 0 Å². The highest BCUT2D eigenvalue weighted by Gasteiger charge is 2.25. The Kier molecular flexibility index (Phi) is 3.55. The summed E-state index contributed by atoms with van der Waals surface area (Å²) in [6, 6.07) is 3.00. The van der Waals surface area contributed by atoms with E-state index in [0.29, 0.717) is 11.3 Å². The molecule has 0 aliphatic heterocycles. The zero-order chi connectivity index (χ0) is 14.9. The topological polar surface area (TPSA) is 128 Å². The third kappa shape index (κ3) is 2.83. The normalized spacial score (nSPS) is 11.2. The van der Waals surface area contributed by atoms with Gasteiger partial charge in [0.1, 0.15) is 15.8 Å². The molecule has 0 aromatic carbocycles. The molecule has 0 aliphatic carbocycles. The van der Waals surface area contributed by atoms with Gasteiger partial charge < -0.3 is 5.73 Å². The van der Waals surface area contributed by atoms with E-state index in [1.807, 2.05) is 0 Å². The second-order valence-corrected chi connectivity index (χ2v) is 6.53. The first kappa shape index (κ1) is 14.1. The number of nitrogen functional groups attached to an aromatic ring is 1. The van der Waals surface area contributed by atoms with Crippen LogP contribution in [-0.4, -0.2) is 18.3 Å². The van der Waals surface area contributed by atoms with Gasteiger partial charge in [-0.2, -0.15) is 0 Å². The highest BCUT2D eigenvalue weighted by atomic mass is 32.2. The smallest absolute Gasteiger partial charge is 0.304 e. The summed E-state index contributed by atoms with van der Waals surface area (Å²) in [5, 5.41) is 10.4. The molecule has 0 radical (unpaired) electrons. The lowest BCUT2D eigenvalue weighted by Crippen LogP contribution is -2.12. The fraction of sp³-hybridized carbons (Fsp3) is 0. The van der Waals surface area contributed by atoms with Crippen LogP contribution in [0.1, 0.15) is 0 Å². The quantitative estimate of drug-likeness (QED) is 0.650. The van der Waals surface area contributed by atoms with E-state index in [1.54, 1.807) is 0 Å². The minimum Gasteiger partial charge on any atom is -0.385 e. The number of thiophene rings is 1. The Hall–Kier alpha value is -2.27. The van der Waals surface area contributed by atoms with Crippen LogP contribution in [0.25, 0.3) is 0 Å².